The van der Waals surface area contributed by atoms with Crippen molar-refractivity contribution in [3.8, 4) is 5.75 Å². The second-order valence-corrected chi connectivity index (χ2v) is 3.28. The molecule has 3 nitrogen and oxygen atoms in total. The van der Waals surface area contributed by atoms with Crippen molar-refractivity contribution in [2.75, 3.05) is 0 Å². The number of carbonyl (C=O) groups is 1. The summed E-state index contributed by atoms with van der Waals surface area (Å²) in [5, 5.41) is 8.95. The lowest BCUT2D eigenvalue weighted by molar-refractivity contribution is 0.0484. The first-order valence-corrected chi connectivity index (χ1v) is 4.29. The molecule has 1 N–H and O–H groups in total. The minimum absolute atomic E-state index is 0.121. The van der Waals surface area contributed by atoms with Crippen molar-refractivity contribution in [2.45, 2.75) is 12.4 Å². The lowest BCUT2D eigenvalue weighted by Crippen LogP contribution is -2.09. The van der Waals surface area contributed by atoms with Gasteiger partial charge in [0.1, 0.15) is 11.2 Å². The summed E-state index contributed by atoms with van der Waals surface area (Å²) < 4.78 is 4.82. The number of rotatable bonds is 2. The van der Waals surface area contributed by atoms with E-state index in [-0.39, 0.29) is 5.75 Å². The van der Waals surface area contributed by atoms with Crippen LogP contribution in [-0.2, 0) is 4.74 Å². The molecular formula is C9H10O3S. The number of hydrogen-bond acceptors (Lipinski definition) is 4. The molecule has 0 bridgehead atoms. The molecule has 0 aliphatic heterocycles. The Morgan fingerprint density at radius 2 is 2.00 bits per heavy atom. The van der Waals surface area contributed by atoms with E-state index in [1.165, 1.54) is 24.3 Å². The number of ether oxygens (including phenoxy) is 1. The van der Waals surface area contributed by atoms with Crippen molar-refractivity contribution < 1.29 is 14.6 Å². The van der Waals surface area contributed by atoms with Crippen LogP contribution < -0.4 is 0 Å². The van der Waals surface area contributed by atoms with E-state index in [2.05, 4.69) is 12.6 Å². The van der Waals surface area contributed by atoms with Gasteiger partial charge in [-0.25, -0.2) is 4.79 Å². The standard InChI is InChI=1S/C9H10O3S/c1-6(13)12-9(11)7-2-4-8(10)5-3-7/h2-6,10,13H,1H3. The van der Waals surface area contributed by atoms with E-state index in [0.717, 1.165) is 0 Å². The first-order chi connectivity index (χ1) is 6.09. The zero-order valence-electron chi connectivity index (χ0n) is 7.10. The smallest absolute Gasteiger partial charge is 0.339 e. The van der Waals surface area contributed by atoms with Gasteiger partial charge in [-0.05, 0) is 31.2 Å². The lowest BCUT2D eigenvalue weighted by atomic mass is 10.2. The molecule has 0 aliphatic carbocycles. The molecule has 0 saturated heterocycles. The monoisotopic (exact) mass is 198 g/mol. The third kappa shape index (κ3) is 2.99. The van der Waals surface area contributed by atoms with Gasteiger partial charge >= 0.3 is 5.97 Å². The van der Waals surface area contributed by atoms with Crippen LogP contribution >= 0.6 is 12.6 Å². The number of benzene rings is 1. The molecule has 70 valence electrons. The molecule has 13 heavy (non-hydrogen) atoms. The maximum Gasteiger partial charge on any atom is 0.339 e. The SMILES string of the molecule is CC(S)OC(=O)c1ccc(O)cc1. The zero-order valence-corrected chi connectivity index (χ0v) is 7.99. The largest absolute Gasteiger partial charge is 0.508 e. The molecule has 1 aromatic rings. The Morgan fingerprint density at radius 3 is 2.46 bits per heavy atom. The highest BCUT2D eigenvalue weighted by atomic mass is 32.1. The fourth-order valence-corrected chi connectivity index (χ4v) is 0.916. The van der Waals surface area contributed by atoms with Crippen LogP contribution in [0.5, 0.6) is 5.75 Å². The van der Waals surface area contributed by atoms with Gasteiger partial charge in [-0.15, -0.1) is 12.6 Å². The normalized spacial score (nSPS) is 12.2. The Hall–Kier alpha value is -1.16. The van der Waals surface area contributed by atoms with Crippen LogP contribution in [-0.4, -0.2) is 16.5 Å². The van der Waals surface area contributed by atoms with Gasteiger partial charge in [0, 0.05) is 0 Å². The molecule has 0 saturated carbocycles. The van der Waals surface area contributed by atoms with E-state index in [9.17, 15) is 4.79 Å². The molecule has 1 unspecified atom stereocenters. The molecular weight excluding hydrogens is 188 g/mol. The average Bonchev–Trinajstić information content (AvgIpc) is 2.04. The van der Waals surface area contributed by atoms with E-state index in [1.54, 1.807) is 6.92 Å². The molecule has 0 spiro atoms. The summed E-state index contributed by atoms with van der Waals surface area (Å²) in [5.41, 5.74) is -0.0278. The summed E-state index contributed by atoms with van der Waals surface area (Å²) in [5.74, 6) is -0.321. The van der Waals surface area contributed by atoms with Crippen molar-refractivity contribution >= 4 is 18.6 Å². The van der Waals surface area contributed by atoms with Crippen LogP contribution in [0.3, 0.4) is 0 Å². The second kappa shape index (κ2) is 4.18. The first kappa shape index (κ1) is 9.92. The Kier molecular flexibility index (Phi) is 3.19. The van der Waals surface area contributed by atoms with Gasteiger partial charge in [-0.1, -0.05) is 0 Å². The van der Waals surface area contributed by atoms with Gasteiger partial charge in [0.15, 0.2) is 0 Å². The Balaban J connectivity index is 2.72. The summed E-state index contributed by atoms with van der Waals surface area (Å²) in [4.78, 5) is 11.2. The van der Waals surface area contributed by atoms with Crippen LogP contribution in [0, 0.1) is 0 Å². The molecule has 1 aromatic carbocycles. The minimum atomic E-state index is -0.442. The van der Waals surface area contributed by atoms with Crippen molar-refractivity contribution in [3.63, 3.8) is 0 Å². The van der Waals surface area contributed by atoms with Crippen LogP contribution in [0.2, 0.25) is 0 Å². The first-order valence-electron chi connectivity index (χ1n) is 3.77. The summed E-state index contributed by atoms with van der Waals surface area (Å²) in [6, 6.07) is 5.85. The number of hydrogen-bond donors (Lipinski definition) is 2. The molecule has 4 heteroatoms. The van der Waals surface area contributed by atoms with Crippen LogP contribution in [0.25, 0.3) is 0 Å². The van der Waals surface area contributed by atoms with Crippen molar-refractivity contribution in [1.29, 1.82) is 0 Å². The summed E-state index contributed by atoms with van der Waals surface area (Å²) >= 11 is 3.92. The summed E-state index contributed by atoms with van der Waals surface area (Å²) in [6.07, 6.45) is 0. The lowest BCUT2D eigenvalue weighted by Gasteiger charge is -2.06. The number of phenolic OH excluding ortho intramolecular Hbond substituents is 1. The maximum atomic E-state index is 11.2. The topological polar surface area (TPSA) is 46.5 Å². The zero-order chi connectivity index (χ0) is 9.84. The van der Waals surface area contributed by atoms with Gasteiger partial charge in [-0.2, -0.15) is 0 Å². The van der Waals surface area contributed by atoms with E-state index in [0.29, 0.717) is 5.56 Å². The molecule has 0 heterocycles. The predicted molar refractivity (Wildman–Crippen MR) is 52.0 cm³/mol. The number of esters is 1. The van der Waals surface area contributed by atoms with Gasteiger partial charge in [0.25, 0.3) is 0 Å². The highest BCUT2D eigenvalue weighted by Crippen LogP contribution is 2.11. The van der Waals surface area contributed by atoms with Crippen LogP contribution in [0.15, 0.2) is 24.3 Å². The van der Waals surface area contributed by atoms with E-state index in [1.807, 2.05) is 0 Å². The quantitative estimate of drug-likeness (QED) is 0.433. The van der Waals surface area contributed by atoms with Crippen LogP contribution in [0.4, 0.5) is 0 Å². The molecule has 0 fully saturated rings. The highest BCUT2D eigenvalue weighted by molar-refractivity contribution is 7.80. The second-order valence-electron chi connectivity index (χ2n) is 2.55. The molecule has 1 atom stereocenters. The Morgan fingerprint density at radius 1 is 1.46 bits per heavy atom. The third-order valence-corrected chi connectivity index (χ3v) is 1.49. The van der Waals surface area contributed by atoms with E-state index < -0.39 is 11.4 Å². The van der Waals surface area contributed by atoms with Crippen LogP contribution in [0.1, 0.15) is 17.3 Å². The number of aromatic hydroxyl groups is 1. The van der Waals surface area contributed by atoms with Crippen molar-refractivity contribution in [1.82, 2.24) is 0 Å². The molecule has 1 rings (SSSR count). The molecule has 0 aromatic heterocycles. The summed E-state index contributed by atoms with van der Waals surface area (Å²) in [7, 11) is 0. The van der Waals surface area contributed by atoms with E-state index in [4.69, 9.17) is 9.84 Å². The van der Waals surface area contributed by atoms with Gasteiger partial charge in [-0.3, -0.25) is 0 Å². The van der Waals surface area contributed by atoms with Crippen molar-refractivity contribution in [2.24, 2.45) is 0 Å². The Bertz CT molecular complexity index is 292. The molecule has 0 radical (unpaired) electrons. The number of carbonyl (C=O) groups excluding carboxylic acids is 1. The summed E-state index contributed by atoms with van der Waals surface area (Å²) in [6.45, 7) is 1.65. The van der Waals surface area contributed by atoms with Gasteiger partial charge in [0.05, 0.1) is 5.56 Å². The van der Waals surface area contributed by atoms with Gasteiger partial charge < -0.3 is 9.84 Å². The Labute approximate surface area is 81.8 Å². The maximum absolute atomic E-state index is 11.2. The third-order valence-electron chi connectivity index (χ3n) is 1.38. The highest BCUT2D eigenvalue weighted by Gasteiger charge is 2.08. The van der Waals surface area contributed by atoms with Crippen molar-refractivity contribution in [3.05, 3.63) is 29.8 Å². The van der Waals surface area contributed by atoms with Gasteiger partial charge in [0.2, 0.25) is 0 Å². The fourth-order valence-electron chi connectivity index (χ4n) is 0.820. The minimum Gasteiger partial charge on any atom is -0.508 e. The number of thiol groups is 1. The number of phenols is 1. The average molecular weight is 198 g/mol. The molecule has 0 amide bonds. The predicted octanol–water partition coefficient (Wildman–Crippen LogP) is 1.82. The molecule has 0 aliphatic rings. The van der Waals surface area contributed by atoms with E-state index >= 15 is 0 Å². The fraction of sp³-hybridized carbons (Fsp3) is 0.222.